The van der Waals surface area contributed by atoms with Crippen LogP contribution in [0.1, 0.15) is 11.1 Å². The van der Waals surface area contributed by atoms with E-state index in [4.69, 9.17) is 24.9 Å². The predicted molar refractivity (Wildman–Crippen MR) is 113 cm³/mol. The van der Waals surface area contributed by atoms with Crippen LogP contribution in [-0.2, 0) is 16.0 Å². The van der Waals surface area contributed by atoms with Crippen molar-refractivity contribution in [2.45, 2.75) is 12.7 Å². The molecule has 0 saturated heterocycles. The zero-order valence-corrected chi connectivity index (χ0v) is 16.9. The van der Waals surface area contributed by atoms with Crippen LogP contribution in [0.4, 0.5) is 0 Å². The number of nitrogens with zero attached hydrogens (tertiary/aromatic N) is 4. The highest BCUT2D eigenvalue weighted by molar-refractivity contribution is 6.02. The average molecular weight is 408 g/mol. The highest BCUT2D eigenvalue weighted by atomic mass is 16.5. The van der Waals surface area contributed by atoms with Gasteiger partial charge in [0.05, 0.1) is 19.9 Å². The molecule has 4 rings (SSSR count). The number of hydrogen-bond donors (Lipinski definition) is 2. The highest BCUT2D eigenvalue weighted by Gasteiger charge is 2.38. The number of nitrogens with one attached hydrogen (secondary N) is 1. The second kappa shape index (κ2) is 8.83. The second-order valence-corrected chi connectivity index (χ2v) is 6.74. The molecule has 9 nitrogen and oxygen atoms in total. The Balaban J connectivity index is 1.69. The maximum Gasteiger partial charge on any atom is 0.293 e. The first-order valence-electron chi connectivity index (χ1n) is 9.55. The molecular formula is C21H24N6O3. The normalized spacial score (nSPS) is 17.8. The maximum atomic E-state index is 6.23. The van der Waals surface area contributed by atoms with Crippen LogP contribution < -0.4 is 15.8 Å². The predicted octanol–water partition coefficient (Wildman–Crippen LogP) is 1.43. The standard InChI is InChI=1S/C21H24N6O3/c1-28-8-9-30-21-25-18(22)17-20(26-21)27(13-14-6-4-3-5-7-14)19(24-17)15-10-16(29-2)12-23-11-15/h3-7,10-12,20H,8-9,13,22H2,1-2H3,(H,25,26). The van der Waals surface area contributed by atoms with E-state index in [0.717, 1.165) is 17.0 Å². The van der Waals surface area contributed by atoms with Gasteiger partial charge in [0.2, 0.25) is 0 Å². The molecule has 156 valence electrons. The Bertz CT molecular complexity index is 989. The van der Waals surface area contributed by atoms with E-state index in [1.807, 2.05) is 24.3 Å². The minimum Gasteiger partial charge on any atom is -0.495 e. The number of methoxy groups -OCH3 is 2. The zero-order valence-electron chi connectivity index (χ0n) is 16.9. The first-order chi connectivity index (χ1) is 14.7. The number of pyridine rings is 1. The Morgan fingerprint density at radius 3 is 2.70 bits per heavy atom. The molecule has 0 spiro atoms. The summed E-state index contributed by atoms with van der Waals surface area (Å²) >= 11 is 0. The molecule has 2 aliphatic heterocycles. The summed E-state index contributed by atoms with van der Waals surface area (Å²) in [5.74, 6) is 1.70. The first kappa shape index (κ1) is 19.7. The molecule has 0 amide bonds. The lowest BCUT2D eigenvalue weighted by atomic mass is 10.1. The van der Waals surface area contributed by atoms with E-state index in [9.17, 15) is 0 Å². The fourth-order valence-electron chi connectivity index (χ4n) is 3.29. The summed E-state index contributed by atoms with van der Waals surface area (Å²) in [5.41, 5.74) is 8.83. The Morgan fingerprint density at radius 2 is 1.93 bits per heavy atom. The van der Waals surface area contributed by atoms with Crippen molar-refractivity contribution in [1.29, 1.82) is 0 Å². The van der Waals surface area contributed by atoms with Crippen molar-refractivity contribution in [3.63, 3.8) is 0 Å². The molecule has 1 aromatic carbocycles. The molecule has 0 fully saturated rings. The molecule has 1 unspecified atom stereocenters. The van der Waals surface area contributed by atoms with Crippen LogP contribution in [0.2, 0.25) is 0 Å². The van der Waals surface area contributed by atoms with Crippen molar-refractivity contribution >= 4 is 11.9 Å². The van der Waals surface area contributed by atoms with Gasteiger partial charge in [-0.15, -0.1) is 0 Å². The number of ether oxygens (including phenoxy) is 3. The van der Waals surface area contributed by atoms with Gasteiger partial charge in [0, 0.05) is 25.4 Å². The molecule has 30 heavy (non-hydrogen) atoms. The third kappa shape index (κ3) is 4.06. The van der Waals surface area contributed by atoms with Gasteiger partial charge < -0.3 is 30.2 Å². The SMILES string of the molecule is COCCOC1=NC(N)=C2N=C(c3cncc(OC)c3)N(Cc3ccccc3)C2N1. The van der Waals surface area contributed by atoms with E-state index in [1.165, 1.54) is 0 Å². The van der Waals surface area contributed by atoms with E-state index >= 15 is 0 Å². The molecule has 9 heteroatoms. The monoisotopic (exact) mass is 408 g/mol. The maximum absolute atomic E-state index is 6.23. The third-order valence-electron chi connectivity index (χ3n) is 4.74. The molecule has 2 aliphatic rings. The minimum atomic E-state index is -0.318. The Hall–Kier alpha value is -3.59. The summed E-state index contributed by atoms with van der Waals surface area (Å²) in [6.45, 7) is 1.42. The topological polar surface area (TPSA) is 107 Å². The van der Waals surface area contributed by atoms with Crippen LogP contribution in [0.15, 0.2) is 70.3 Å². The zero-order chi connectivity index (χ0) is 20.9. The van der Waals surface area contributed by atoms with Gasteiger partial charge in [0.15, 0.2) is 12.0 Å². The summed E-state index contributed by atoms with van der Waals surface area (Å²) in [4.78, 5) is 15.5. The molecular weight excluding hydrogens is 384 g/mol. The van der Waals surface area contributed by atoms with Crippen molar-refractivity contribution in [3.05, 3.63) is 71.4 Å². The quantitative estimate of drug-likeness (QED) is 0.668. The number of amidine groups is 2. The lowest BCUT2D eigenvalue weighted by Crippen LogP contribution is -2.50. The molecule has 2 aromatic rings. The van der Waals surface area contributed by atoms with Crippen LogP contribution in [0.25, 0.3) is 0 Å². The highest BCUT2D eigenvalue weighted by Crippen LogP contribution is 2.29. The van der Waals surface area contributed by atoms with Crippen LogP contribution in [-0.4, -0.2) is 55.3 Å². The lowest BCUT2D eigenvalue weighted by Gasteiger charge is -2.31. The van der Waals surface area contributed by atoms with Gasteiger partial charge in [-0.05, 0) is 11.6 Å². The van der Waals surface area contributed by atoms with E-state index in [1.54, 1.807) is 26.6 Å². The number of benzene rings is 1. The van der Waals surface area contributed by atoms with Crippen molar-refractivity contribution in [1.82, 2.24) is 15.2 Å². The van der Waals surface area contributed by atoms with Crippen LogP contribution >= 0.6 is 0 Å². The molecule has 3 N–H and O–H groups in total. The van der Waals surface area contributed by atoms with Crippen LogP contribution in [0.3, 0.4) is 0 Å². The number of aliphatic imine (C=N–C) groups is 2. The Labute approximate surface area is 174 Å². The van der Waals surface area contributed by atoms with Gasteiger partial charge in [-0.3, -0.25) is 4.98 Å². The van der Waals surface area contributed by atoms with Crippen LogP contribution in [0.5, 0.6) is 5.75 Å². The van der Waals surface area contributed by atoms with Gasteiger partial charge in [-0.2, -0.15) is 4.99 Å². The van der Waals surface area contributed by atoms with Gasteiger partial charge in [-0.25, -0.2) is 4.99 Å². The minimum absolute atomic E-state index is 0.315. The van der Waals surface area contributed by atoms with E-state index in [0.29, 0.717) is 43.0 Å². The Kier molecular flexibility index (Phi) is 5.80. The lowest BCUT2D eigenvalue weighted by molar-refractivity contribution is 0.135. The van der Waals surface area contributed by atoms with Crippen molar-refractivity contribution in [3.8, 4) is 5.75 Å². The summed E-state index contributed by atoms with van der Waals surface area (Å²) in [5, 5.41) is 3.30. The van der Waals surface area contributed by atoms with Crippen molar-refractivity contribution < 1.29 is 14.2 Å². The van der Waals surface area contributed by atoms with E-state index in [2.05, 4.69) is 32.3 Å². The molecule has 3 heterocycles. The first-order valence-corrected chi connectivity index (χ1v) is 9.55. The fourth-order valence-corrected chi connectivity index (χ4v) is 3.29. The van der Waals surface area contributed by atoms with Gasteiger partial charge in [0.1, 0.15) is 23.9 Å². The van der Waals surface area contributed by atoms with Crippen molar-refractivity contribution in [2.24, 2.45) is 15.7 Å². The van der Waals surface area contributed by atoms with E-state index in [-0.39, 0.29) is 6.17 Å². The molecule has 1 atom stereocenters. The smallest absolute Gasteiger partial charge is 0.293 e. The number of aromatic nitrogens is 1. The number of nitrogens with two attached hydrogens (primary N) is 1. The fraction of sp³-hybridized carbons (Fsp3) is 0.286. The van der Waals surface area contributed by atoms with Gasteiger partial charge in [-0.1, -0.05) is 30.3 Å². The molecule has 0 bridgehead atoms. The Morgan fingerprint density at radius 1 is 1.10 bits per heavy atom. The summed E-state index contributed by atoms with van der Waals surface area (Å²) < 4.78 is 16.0. The van der Waals surface area contributed by atoms with Crippen LogP contribution in [0, 0.1) is 0 Å². The molecule has 0 radical (unpaired) electrons. The molecule has 0 saturated carbocycles. The third-order valence-corrected chi connectivity index (χ3v) is 4.74. The molecule has 0 aliphatic carbocycles. The van der Waals surface area contributed by atoms with Gasteiger partial charge >= 0.3 is 0 Å². The average Bonchev–Trinajstić information content (AvgIpc) is 3.14. The largest absolute Gasteiger partial charge is 0.495 e. The van der Waals surface area contributed by atoms with E-state index < -0.39 is 0 Å². The summed E-state index contributed by atoms with van der Waals surface area (Å²) in [6.07, 6.45) is 3.09. The second-order valence-electron chi connectivity index (χ2n) is 6.74. The number of rotatable bonds is 7. The summed E-state index contributed by atoms with van der Waals surface area (Å²) in [6, 6.07) is 12.4. The summed E-state index contributed by atoms with van der Waals surface area (Å²) in [7, 11) is 3.23. The number of fused-ring (bicyclic) bond motifs is 1. The number of hydrogen-bond acceptors (Lipinski definition) is 9. The van der Waals surface area contributed by atoms with Gasteiger partial charge in [0.25, 0.3) is 6.02 Å². The molecule has 1 aromatic heterocycles. The van der Waals surface area contributed by atoms with Crippen molar-refractivity contribution in [2.75, 3.05) is 27.4 Å².